The Morgan fingerprint density at radius 2 is 1.40 bits per heavy atom. The van der Waals surface area contributed by atoms with Gasteiger partial charge in [0.15, 0.2) is 11.6 Å². The molecule has 0 unspecified atom stereocenters. The maximum atomic E-state index is 14.4. The molecule has 1 fully saturated rings. The van der Waals surface area contributed by atoms with Gasteiger partial charge in [-0.3, -0.25) is 0 Å². The Hall–Kier alpha value is -1.90. The minimum atomic E-state index is -0.914. The molecule has 0 radical (unpaired) electrons. The van der Waals surface area contributed by atoms with Crippen molar-refractivity contribution in [1.82, 2.24) is 0 Å². The zero-order valence-electron chi connectivity index (χ0n) is 19.1. The van der Waals surface area contributed by atoms with E-state index in [1.165, 1.54) is 63.0 Å². The Morgan fingerprint density at radius 1 is 0.767 bits per heavy atom. The smallest absolute Gasteiger partial charge is 0.201 e. The minimum Gasteiger partial charge on any atom is -0.491 e. The van der Waals surface area contributed by atoms with Crippen molar-refractivity contribution in [2.45, 2.75) is 85.0 Å². The summed E-state index contributed by atoms with van der Waals surface area (Å²) in [6, 6.07) is 11.1. The number of benzene rings is 2. The first-order chi connectivity index (χ1) is 14.5. The van der Waals surface area contributed by atoms with E-state index in [0.717, 1.165) is 5.92 Å². The molecule has 2 aromatic carbocycles. The second-order valence-corrected chi connectivity index (χ2v) is 8.30. The molecule has 0 amide bonds. The van der Waals surface area contributed by atoms with E-state index in [1.807, 2.05) is 12.1 Å². The van der Waals surface area contributed by atoms with Crippen LogP contribution in [0.15, 0.2) is 36.4 Å². The quantitative estimate of drug-likeness (QED) is 0.438. The molecule has 0 aliphatic heterocycles. The summed E-state index contributed by atoms with van der Waals surface area (Å²) >= 11 is 0. The molecule has 0 aromatic heterocycles. The highest BCUT2D eigenvalue weighted by molar-refractivity contribution is 5.65. The van der Waals surface area contributed by atoms with Gasteiger partial charge in [-0.05, 0) is 67.7 Å². The second-order valence-electron chi connectivity index (χ2n) is 8.30. The summed E-state index contributed by atoms with van der Waals surface area (Å²) in [6.07, 6.45) is 10.3. The predicted molar refractivity (Wildman–Crippen MR) is 123 cm³/mol. The Balaban J connectivity index is 0.000000735. The van der Waals surface area contributed by atoms with Crippen molar-refractivity contribution in [3.8, 4) is 16.9 Å². The number of hydrogen-bond acceptors (Lipinski definition) is 1. The van der Waals surface area contributed by atoms with Gasteiger partial charge in [0.05, 0.1) is 6.61 Å². The van der Waals surface area contributed by atoms with E-state index in [4.69, 9.17) is 4.74 Å². The van der Waals surface area contributed by atoms with E-state index in [0.29, 0.717) is 18.1 Å². The fourth-order valence-corrected chi connectivity index (χ4v) is 4.15. The summed E-state index contributed by atoms with van der Waals surface area (Å²) in [5.74, 6) is -0.309. The number of unbranched alkanes of at least 4 members (excludes halogenated alkanes) is 1. The van der Waals surface area contributed by atoms with Crippen LogP contribution in [0.25, 0.3) is 11.1 Å². The highest BCUT2D eigenvalue weighted by Crippen LogP contribution is 2.38. The molecule has 3 rings (SSSR count). The molecule has 0 spiro atoms. The molecule has 30 heavy (non-hydrogen) atoms. The lowest BCUT2D eigenvalue weighted by Gasteiger charge is -2.28. The molecular weight excluding hydrogens is 378 g/mol. The van der Waals surface area contributed by atoms with Gasteiger partial charge >= 0.3 is 0 Å². The lowest BCUT2D eigenvalue weighted by atomic mass is 9.77. The molecule has 1 aliphatic rings. The average Bonchev–Trinajstić information content (AvgIpc) is 2.78. The normalized spacial score (nSPS) is 18.5. The number of rotatable bonds is 7. The fraction of sp³-hybridized carbons (Fsp3) is 0.556. The monoisotopic (exact) mass is 416 g/mol. The first kappa shape index (κ1) is 24.4. The lowest BCUT2D eigenvalue weighted by molar-refractivity contribution is 0.308. The summed E-state index contributed by atoms with van der Waals surface area (Å²) < 4.78 is 33.6. The van der Waals surface area contributed by atoms with Crippen LogP contribution in [0.3, 0.4) is 0 Å². The van der Waals surface area contributed by atoms with E-state index in [1.54, 1.807) is 13.0 Å². The second kappa shape index (κ2) is 12.7. The zero-order valence-corrected chi connectivity index (χ0v) is 19.1. The largest absolute Gasteiger partial charge is 0.491 e. The standard InChI is InChI=1S/C23H28F2O.C4H10/c1-3-5-16-6-8-17(9-7-16)18-10-12-19(13-11-18)20-14-15-21(26-4-2)23(25)22(20)24;1-3-4-2/h10-17H,3-9H2,1-2H3;3-4H2,1-2H3. The first-order valence-corrected chi connectivity index (χ1v) is 11.8. The van der Waals surface area contributed by atoms with Crippen molar-refractivity contribution in [2.24, 2.45) is 5.92 Å². The van der Waals surface area contributed by atoms with E-state index >= 15 is 0 Å². The summed E-state index contributed by atoms with van der Waals surface area (Å²) in [6.45, 7) is 8.68. The van der Waals surface area contributed by atoms with Gasteiger partial charge in [-0.15, -0.1) is 0 Å². The molecule has 0 N–H and O–H groups in total. The van der Waals surface area contributed by atoms with Gasteiger partial charge in [0, 0.05) is 5.56 Å². The molecular formula is C27H38F2O. The highest BCUT2D eigenvalue weighted by atomic mass is 19.2. The fourth-order valence-electron chi connectivity index (χ4n) is 4.15. The molecule has 3 heteroatoms. The van der Waals surface area contributed by atoms with Gasteiger partial charge in [-0.1, -0.05) is 70.7 Å². The minimum absolute atomic E-state index is 0.0331. The van der Waals surface area contributed by atoms with Crippen LogP contribution in [-0.2, 0) is 0 Å². The van der Waals surface area contributed by atoms with Crippen molar-refractivity contribution in [1.29, 1.82) is 0 Å². The average molecular weight is 417 g/mol. The SMILES string of the molecule is CCCC.CCCC1CCC(c2ccc(-c3ccc(OCC)c(F)c3F)cc2)CC1. The third-order valence-electron chi connectivity index (χ3n) is 6.08. The van der Waals surface area contributed by atoms with Gasteiger partial charge in [-0.25, -0.2) is 4.39 Å². The van der Waals surface area contributed by atoms with E-state index < -0.39 is 11.6 Å². The summed E-state index contributed by atoms with van der Waals surface area (Å²) in [4.78, 5) is 0. The molecule has 1 saturated carbocycles. The van der Waals surface area contributed by atoms with Crippen molar-refractivity contribution in [2.75, 3.05) is 6.61 Å². The first-order valence-electron chi connectivity index (χ1n) is 11.8. The van der Waals surface area contributed by atoms with Gasteiger partial charge in [-0.2, -0.15) is 4.39 Å². The van der Waals surface area contributed by atoms with Crippen molar-refractivity contribution < 1.29 is 13.5 Å². The van der Waals surface area contributed by atoms with Crippen LogP contribution in [0.1, 0.15) is 90.5 Å². The molecule has 2 aromatic rings. The topological polar surface area (TPSA) is 9.23 Å². The van der Waals surface area contributed by atoms with Crippen LogP contribution >= 0.6 is 0 Å². The highest BCUT2D eigenvalue weighted by Gasteiger charge is 2.22. The molecule has 1 nitrogen and oxygen atoms in total. The van der Waals surface area contributed by atoms with Gasteiger partial charge in [0.2, 0.25) is 5.82 Å². The maximum absolute atomic E-state index is 14.4. The molecule has 0 saturated heterocycles. The summed E-state index contributed by atoms with van der Waals surface area (Å²) in [5.41, 5.74) is 2.30. The van der Waals surface area contributed by atoms with Gasteiger partial charge in [0.1, 0.15) is 0 Å². The lowest BCUT2D eigenvalue weighted by Crippen LogP contribution is -2.13. The van der Waals surface area contributed by atoms with Crippen LogP contribution in [0, 0.1) is 17.6 Å². The molecule has 0 heterocycles. The van der Waals surface area contributed by atoms with Crippen LogP contribution < -0.4 is 4.74 Å². The summed E-state index contributed by atoms with van der Waals surface area (Å²) in [5, 5.41) is 0. The van der Waals surface area contributed by atoms with Crippen LogP contribution in [0.2, 0.25) is 0 Å². The van der Waals surface area contributed by atoms with Crippen LogP contribution in [0.5, 0.6) is 5.75 Å². The molecule has 0 atom stereocenters. The Labute approximate surface area is 181 Å². The van der Waals surface area contributed by atoms with Gasteiger partial charge in [0.25, 0.3) is 0 Å². The van der Waals surface area contributed by atoms with Crippen LogP contribution in [0.4, 0.5) is 8.78 Å². The number of hydrogen-bond donors (Lipinski definition) is 0. The van der Waals surface area contributed by atoms with Crippen molar-refractivity contribution in [3.63, 3.8) is 0 Å². The van der Waals surface area contributed by atoms with E-state index in [9.17, 15) is 8.78 Å². The van der Waals surface area contributed by atoms with Crippen LogP contribution in [-0.4, -0.2) is 6.61 Å². The Morgan fingerprint density at radius 3 is 1.93 bits per heavy atom. The van der Waals surface area contributed by atoms with Gasteiger partial charge < -0.3 is 4.74 Å². The van der Waals surface area contributed by atoms with Crippen molar-refractivity contribution >= 4 is 0 Å². The Kier molecular flexibility index (Phi) is 10.3. The Bertz CT molecular complexity index is 744. The number of ether oxygens (including phenoxy) is 1. The third-order valence-corrected chi connectivity index (χ3v) is 6.08. The van der Waals surface area contributed by atoms with Crippen molar-refractivity contribution in [3.05, 3.63) is 53.6 Å². The summed E-state index contributed by atoms with van der Waals surface area (Å²) in [7, 11) is 0. The maximum Gasteiger partial charge on any atom is 0.201 e. The third kappa shape index (κ3) is 6.55. The zero-order chi connectivity index (χ0) is 21.9. The predicted octanol–water partition coefficient (Wildman–Crippen LogP) is 8.91. The molecule has 1 aliphatic carbocycles. The molecule has 166 valence electrons. The molecule has 0 bridgehead atoms. The van der Waals surface area contributed by atoms with E-state index in [-0.39, 0.29) is 11.3 Å². The number of halogens is 2. The van der Waals surface area contributed by atoms with E-state index in [2.05, 4.69) is 32.9 Å².